The quantitative estimate of drug-likeness (QED) is 0.872. The fourth-order valence-corrected chi connectivity index (χ4v) is 3.15. The molecule has 0 spiro atoms. The third kappa shape index (κ3) is 3.36. The summed E-state index contributed by atoms with van der Waals surface area (Å²) in [6.07, 6.45) is 1.74. The molecule has 2 fully saturated rings. The Labute approximate surface area is 125 Å². The number of carbonyl (C=O) groups is 1. The maximum atomic E-state index is 11.6. The van der Waals surface area contributed by atoms with Gasteiger partial charge in [0.05, 0.1) is 0 Å². The number of hydrogen-bond acceptors (Lipinski definition) is 4. The second kappa shape index (κ2) is 6.45. The van der Waals surface area contributed by atoms with Crippen LogP contribution in [0.5, 0.6) is 5.75 Å². The second-order valence-corrected chi connectivity index (χ2v) is 5.78. The van der Waals surface area contributed by atoms with Crippen LogP contribution in [0.1, 0.15) is 18.4 Å². The van der Waals surface area contributed by atoms with Gasteiger partial charge in [-0.3, -0.25) is 9.69 Å². The van der Waals surface area contributed by atoms with Crippen molar-refractivity contribution in [3.63, 3.8) is 0 Å². The van der Waals surface area contributed by atoms with Crippen LogP contribution in [0, 0.1) is 0 Å². The lowest BCUT2D eigenvalue weighted by molar-refractivity contribution is -0.130. The summed E-state index contributed by atoms with van der Waals surface area (Å²) in [4.78, 5) is 16.1. The van der Waals surface area contributed by atoms with E-state index in [9.17, 15) is 4.79 Å². The summed E-state index contributed by atoms with van der Waals surface area (Å²) < 4.78 is 5.78. The maximum Gasteiger partial charge on any atom is 0.222 e. The van der Waals surface area contributed by atoms with Crippen molar-refractivity contribution < 1.29 is 9.53 Å². The van der Waals surface area contributed by atoms with Crippen molar-refractivity contribution in [1.82, 2.24) is 9.80 Å². The van der Waals surface area contributed by atoms with Gasteiger partial charge in [0, 0.05) is 45.2 Å². The van der Waals surface area contributed by atoms with Gasteiger partial charge >= 0.3 is 0 Å². The minimum absolute atomic E-state index is 0.330. The number of amides is 1. The number of benzene rings is 1. The van der Waals surface area contributed by atoms with Crippen LogP contribution in [0.2, 0.25) is 0 Å². The number of carbonyl (C=O) groups excluding carboxylic acids is 1. The molecule has 1 atom stereocenters. The van der Waals surface area contributed by atoms with E-state index in [1.165, 1.54) is 0 Å². The molecule has 2 heterocycles. The number of fused-ring (bicyclic) bond motifs is 1. The summed E-state index contributed by atoms with van der Waals surface area (Å²) in [7, 11) is 0. The number of ether oxygens (including phenoxy) is 1. The van der Waals surface area contributed by atoms with Crippen LogP contribution in [0.4, 0.5) is 0 Å². The molecule has 0 saturated carbocycles. The molecule has 1 amide bonds. The van der Waals surface area contributed by atoms with Crippen LogP contribution in [-0.4, -0.2) is 54.5 Å². The van der Waals surface area contributed by atoms with Gasteiger partial charge in [0.2, 0.25) is 5.91 Å². The van der Waals surface area contributed by atoms with E-state index in [1.807, 2.05) is 29.2 Å². The Morgan fingerprint density at radius 3 is 2.81 bits per heavy atom. The number of nitrogens with two attached hydrogens (primary N) is 1. The molecule has 5 heteroatoms. The molecule has 2 N–H and O–H groups in total. The number of rotatable bonds is 5. The van der Waals surface area contributed by atoms with E-state index in [4.69, 9.17) is 10.5 Å². The molecule has 114 valence electrons. The Balaban J connectivity index is 1.42. The van der Waals surface area contributed by atoms with Gasteiger partial charge in [-0.05, 0) is 24.1 Å². The summed E-state index contributed by atoms with van der Waals surface area (Å²) in [5.41, 5.74) is 6.69. The van der Waals surface area contributed by atoms with Crippen molar-refractivity contribution in [3.05, 3.63) is 29.8 Å². The zero-order valence-corrected chi connectivity index (χ0v) is 12.3. The molecule has 1 aromatic rings. The summed E-state index contributed by atoms with van der Waals surface area (Å²) >= 11 is 0. The SMILES string of the molecule is NCc1ccc(OCCN2CCN3C(=O)CCC3C2)cc1. The first-order valence-corrected chi connectivity index (χ1v) is 7.70. The summed E-state index contributed by atoms with van der Waals surface area (Å²) in [5, 5.41) is 0. The maximum absolute atomic E-state index is 11.6. The molecule has 3 rings (SSSR count). The van der Waals surface area contributed by atoms with Crippen LogP contribution in [0.3, 0.4) is 0 Å². The highest BCUT2D eigenvalue weighted by molar-refractivity contribution is 5.78. The smallest absolute Gasteiger partial charge is 0.222 e. The lowest BCUT2D eigenvalue weighted by atomic mass is 10.1. The normalized spacial score (nSPS) is 22.4. The Bertz CT molecular complexity index is 489. The van der Waals surface area contributed by atoms with Crippen molar-refractivity contribution in [1.29, 1.82) is 0 Å². The third-order valence-electron chi connectivity index (χ3n) is 4.41. The number of piperazine rings is 1. The summed E-state index contributed by atoms with van der Waals surface area (Å²) in [6, 6.07) is 8.36. The summed E-state index contributed by atoms with van der Waals surface area (Å²) in [5.74, 6) is 1.22. The number of nitrogens with zero attached hydrogens (tertiary/aromatic N) is 2. The highest BCUT2D eigenvalue weighted by Gasteiger charge is 2.35. The molecule has 21 heavy (non-hydrogen) atoms. The van der Waals surface area contributed by atoms with Gasteiger partial charge in [0.15, 0.2) is 0 Å². The third-order valence-corrected chi connectivity index (χ3v) is 4.41. The van der Waals surface area contributed by atoms with E-state index in [1.54, 1.807) is 0 Å². The van der Waals surface area contributed by atoms with Crippen LogP contribution in [0.25, 0.3) is 0 Å². The molecular formula is C16H23N3O2. The Morgan fingerprint density at radius 1 is 1.24 bits per heavy atom. The monoisotopic (exact) mass is 289 g/mol. The van der Waals surface area contributed by atoms with E-state index in [-0.39, 0.29) is 0 Å². The van der Waals surface area contributed by atoms with Crippen molar-refractivity contribution >= 4 is 5.91 Å². The van der Waals surface area contributed by atoms with Crippen molar-refractivity contribution in [2.75, 3.05) is 32.8 Å². The first kappa shape index (κ1) is 14.4. The van der Waals surface area contributed by atoms with Gasteiger partial charge in [0.25, 0.3) is 0 Å². The highest BCUT2D eigenvalue weighted by atomic mass is 16.5. The van der Waals surface area contributed by atoms with E-state index in [0.29, 0.717) is 25.1 Å². The minimum atomic E-state index is 0.330. The van der Waals surface area contributed by atoms with Crippen LogP contribution in [0.15, 0.2) is 24.3 Å². The average molecular weight is 289 g/mol. The summed E-state index contributed by atoms with van der Waals surface area (Å²) in [6.45, 7) is 4.97. The predicted octanol–water partition coefficient (Wildman–Crippen LogP) is 0.831. The molecule has 0 radical (unpaired) electrons. The first-order valence-electron chi connectivity index (χ1n) is 7.70. The standard InChI is InChI=1S/C16H23N3O2/c17-11-13-1-4-15(5-2-13)21-10-9-18-7-8-19-14(12-18)3-6-16(19)20/h1-2,4-5,14H,3,6-12,17H2. The van der Waals surface area contributed by atoms with Gasteiger partial charge < -0.3 is 15.4 Å². The lowest BCUT2D eigenvalue weighted by Crippen LogP contribution is -2.52. The molecular weight excluding hydrogens is 266 g/mol. The molecule has 2 aliphatic heterocycles. The van der Waals surface area contributed by atoms with Crippen molar-refractivity contribution in [3.8, 4) is 5.75 Å². The lowest BCUT2D eigenvalue weighted by Gasteiger charge is -2.37. The largest absolute Gasteiger partial charge is 0.492 e. The van der Waals surface area contributed by atoms with E-state index in [2.05, 4.69) is 4.90 Å². The van der Waals surface area contributed by atoms with Crippen LogP contribution >= 0.6 is 0 Å². The van der Waals surface area contributed by atoms with E-state index < -0.39 is 0 Å². The van der Waals surface area contributed by atoms with Gasteiger partial charge in [0.1, 0.15) is 12.4 Å². The van der Waals surface area contributed by atoms with E-state index in [0.717, 1.165) is 50.3 Å². The molecule has 0 bridgehead atoms. The second-order valence-electron chi connectivity index (χ2n) is 5.78. The van der Waals surface area contributed by atoms with Gasteiger partial charge in [-0.2, -0.15) is 0 Å². The molecule has 2 saturated heterocycles. The molecule has 1 aromatic carbocycles. The minimum Gasteiger partial charge on any atom is -0.492 e. The first-order chi connectivity index (χ1) is 10.3. The Kier molecular flexibility index (Phi) is 4.41. The molecule has 0 aromatic heterocycles. The molecule has 2 aliphatic rings. The van der Waals surface area contributed by atoms with Crippen molar-refractivity contribution in [2.24, 2.45) is 5.73 Å². The van der Waals surface area contributed by atoms with Crippen LogP contribution in [-0.2, 0) is 11.3 Å². The predicted molar refractivity (Wildman–Crippen MR) is 81.0 cm³/mol. The molecule has 0 aliphatic carbocycles. The van der Waals surface area contributed by atoms with Crippen LogP contribution < -0.4 is 10.5 Å². The molecule has 5 nitrogen and oxygen atoms in total. The number of hydrogen-bond donors (Lipinski definition) is 1. The topological polar surface area (TPSA) is 58.8 Å². The highest BCUT2D eigenvalue weighted by Crippen LogP contribution is 2.22. The van der Waals surface area contributed by atoms with Gasteiger partial charge in [-0.1, -0.05) is 12.1 Å². The van der Waals surface area contributed by atoms with E-state index >= 15 is 0 Å². The zero-order valence-electron chi connectivity index (χ0n) is 12.3. The zero-order chi connectivity index (χ0) is 14.7. The van der Waals surface area contributed by atoms with Gasteiger partial charge in [-0.15, -0.1) is 0 Å². The Hall–Kier alpha value is -1.59. The Morgan fingerprint density at radius 2 is 2.05 bits per heavy atom. The fourth-order valence-electron chi connectivity index (χ4n) is 3.15. The van der Waals surface area contributed by atoms with Crippen molar-refractivity contribution in [2.45, 2.75) is 25.4 Å². The fraction of sp³-hybridized carbons (Fsp3) is 0.562. The average Bonchev–Trinajstić information content (AvgIpc) is 2.89. The molecule has 1 unspecified atom stereocenters. The van der Waals surface area contributed by atoms with Gasteiger partial charge in [-0.25, -0.2) is 0 Å².